The minimum atomic E-state index is 0.424. The molecule has 0 nitrogen and oxygen atoms in total. The largest absolute Gasteiger partial charge is 0.0807 e. The fraction of sp³-hybridized carbons (Fsp3) is 0.355. The predicted molar refractivity (Wildman–Crippen MR) is 138 cm³/mol. The number of rotatable bonds is 8. The lowest BCUT2D eigenvalue weighted by Crippen LogP contribution is -2.07. The van der Waals surface area contributed by atoms with Crippen LogP contribution >= 0.6 is 0 Å². The Labute approximate surface area is 190 Å². The molecule has 0 spiro atoms. The summed E-state index contributed by atoms with van der Waals surface area (Å²) in [5.41, 5.74) is 9.78. The van der Waals surface area contributed by atoms with Crippen LogP contribution in [0.3, 0.4) is 0 Å². The highest BCUT2D eigenvalue weighted by Crippen LogP contribution is 2.39. The second kappa shape index (κ2) is 10.6. The maximum atomic E-state index is 2.44. The number of benzene rings is 3. The van der Waals surface area contributed by atoms with Crippen LogP contribution in [0.15, 0.2) is 78.9 Å². The first kappa shape index (κ1) is 23.1. The summed E-state index contributed by atoms with van der Waals surface area (Å²) in [7, 11) is 0. The molecule has 0 N–H and O–H groups in total. The molecule has 3 aromatic rings. The van der Waals surface area contributed by atoms with Crippen molar-refractivity contribution in [3.63, 3.8) is 0 Å². The molecule has 0 amide bonds. The summed E-state index contributed by atoms with van der Waals surface area (Å²) >= 11 is 0. The monoisotopic (exact) mass is 410 g/mol. The third kappa shape index (κ3) is 5.18. The van der Waals surface area contributed by atoms with Gasteiger partial charge in [-0.15, -0.1) is 0 Å². The van der Waals surface area contributed by atoms with E-state index < -0.39 is 0 Å². The van der Waals surface area contributed by atoms with Gasteiger partial charge in [0.25, 0.3) is 0 Å². The zero-order valence-electron chi connectivity index (χ0n) is 20.2. The molecule has 162 valence electrons. The third-order valence-electron chi connectivity index (χ3n) is 6.95. The van der Waals surface area contributed by atoms with Gasteiger partial charge in [0.2, 0.25) is 0 Å². The van der Waals surface area contributed by atoms with Crippen molar-refractivity contribution in [1.29, 1.82) is 0 Å². The van der Waals surface area contributed by atoms with Gasteiger partial charge in [0.1, 0.15) is 0 Å². The smallest absolute Gasteiger partial charge is 0.0118 e. The fourth-order valence-corrected chi connectivity index (χ4v) is 4.62. The molecule has 0 heterocycles. The highest BCUT2D eigenvalue weighted by molar-refractivity contribution is 5.71. The zero-order valence-corrected chi connectivity index (χ0v) is 20.2. The molecule has 0 saturated carbocycles. The maximum Gasteiger partial charge on any atom is -0.0118 e. The van der Waals surface area contributed by atoms with Crippen LogP contribution in [0.25, 0.3) is 16.7 Å². The SMILES string of the molecule is CC/C=C(\c1cccc(C(C)C(C)c2ccccc2-c2ccccc2C)c1)C(C)CC. The summed E-state index contributed by atoms with van der Waals surface area (Å²) in [6.45, 7) is 13.8. The number of hydrogen-bond donors (Lipinski definition) is 0. The highest BCUT2D eigenvalue weighted by atomic mass is 14.2. The van der Waals surface area contributed by atoms with Crippen molar-refractivity contribution in [2.45, 2.75) is 66.2 Å². The van der Waals surface area contributed by atoms with Crippen molar-refractivity contribution in [2.75, 3.05) is 0 Å². The van der Waals surface area contributed by atoms with Crippen LogP contribution in [0.2, 0.25) is 0 Å². The Bertz CT molecular complexity index is 1020. The topological polar surface area (TPSA) is 0 Å². The van der Waals surface area contributed by atoms with Crippen LogP contribution in [0.4, 0.5) is 0 Å². The molecule has 0 aliphatic heterocycles. The predicted octanol–water partition coefficient (Wildman–Crippen LogP) is 9.41. The maximum absolute atomic E-state index is 2.44. The Morgan fingerprint density at radius 2 is 1.45 bits per heavy atom. The average Bonchev–Trinajstić information content (AvgIpc) is 2.81. The van der Waals surface area contributed by atoms with Gasteiger partial charge >= 0.3 is 0 Å². The Hall–Kier alpha value is -2.60. The molecular weight excluding hydrogens is 372 g/mol. The summed E-state index contributed by atoms with van der Waals surface area (Å²) < 4.78 is 0. The molecule has 0 bridgehead atoms. The zero-order chi connectivity index (χ0) is 22.4. The third-order valence-corrected chi connectivity index (χ3v) is 6.95. The van der Waals surface area contributed by atoms with Gasteiger partial charge in [0.15, 0.2) is 0 Å². The number of allylic oxidation sites excluding steroid dienone is 2. The number of aryl methyl sites for hydroxylation is 1. The van der Waals surface area contributed by atoms with Crippen molar-refractivity contribution in [2.24, 2.45) is 5.92 Å². The van der Waals surface area contributed by atoms with Gasteiger partial charge in [-0.1, -0.05) is 113 Å². The average molecular weight is 411 g/mol. The molecule has 3 atom stereocenters. The Morgan fingerprint density at radius 3 is 2.13 bits per heavy atom. The summed E-state index contributed by atoms with van der Waals surface area (Å²) in [6.07, 6.45) is 4.67. The van der Waals surface area contributed by atoms with Crippen molar-refractivity contribution in [3.05, 3.63) is 101 Å². The molecule has 3 unspecified atom stereocenters. The summed E-state index contributed by atoms with van der Waals surface area (Å²) in [5, 5.41) is 0. The second-order valence-electron chi connectivity index (χ2n) is 8.98. The summed E-state index contributed by atoms with van der Waals surface area (Å²) in [6, 6.07) is 26.9. The standard InChI is InChI=1S/C31H38/c1-7-14-28(22(3)8-2)27-17-13-16-26(21-27)24(5)25(6)30-19-11-12-20-31(30)29-18-10-9-15-23(29)4/h9-22,24-25H,7-8H2,1-6H3/b28-14-. The normalized spacial score (nSPS) is 14.8. The van der Waals surface area contributed by atoms with Gasteiger partial charge < -0.3 is 0 Å². The van der Waals surface area contributed by atoms with Crippen molar-refractivity contribution in [3.8, 4) is 11.1 Å². The summed E-state index contributed by atoms with van der Waals surface area (Å²) in [4.78, 5) is 0. The van der Waals surface area contributed by atoms with Crippen molar-refractivity contribution in [1.82, 2.24) is 0 Å². The summed E-state index contributed by atoms with van der Waals surface area (Å²) in [5.74, 6) is 1.45. The Morgan fingerprint density at radius 1 is 0.774 bits per heavy atom. The quantitative estimate of drug-likeness (QED) is 0.347. The first-order valence-corrected chi connectivity index (χ1v) is 11.9. The van der Waals surface area contributed by atoms with Gasteiger partial charge in [0.05, 0.1) is 0 Å². The highest BCUT2D eigenvalue weighted by Gasteiger charge is 2.21. The lowest BCUT2D eigenvalue weighted by atomic mass is 9.79. The first-order valence-electron chi connectivity index (χ1n) is 11.9. The van der Waals surface area contributed by atoms with Crippen LogP contribution in [-0.4, -0.2) is 0 Å². The van der Waals surface area contributed by atoms with E-state index >= 15 is 0 Å². The van der Waals surface area contributed by atoms with E-state index in [-0.39, 0.29) is 0 Å². The van der Waals surface area contributed by atoms with Gasteiger partial charge in [0, 0.05) is 0 Å². The lowest BCUT2D eigenvalue weighted by Gasteiger charge is -2.25. The van der Waals surface area contributed by atoms with Gasteiger partial charge in [-0.05, 0) is 76.5 Å². The molecule has 0 heteroatoms. The van der Waals surface area contributed by atoms with E-state index in [0.717, 1.165) is 6.42 Å². The fourth-order valence-electron chi connectivity index (χ4n) is 4.62. The van der Waals surface area contributed by atoms with Crippen LogP contribution in [0.1, 0.15) is 81.5 Å². The van der Waals surface area contributed by atoms with E-state index in [4.69, 9.17) is 0 Å². The van der Waals surface area contributed by atoms with E-state index in [1.165, 1.54) is 45.4 Å². The molecule has 0 aliphatic carbocycles. The van der Waals surface area contributed by atoms with E-state index in [0.29, 0.717) is 17.8 Å². The van der Waals surface area contributed by atoms with Crippen molar-refractivity contribution < 1.29 is 0 Å². The van der Waals surface area contributed by atoms with Gasteiger partial charge in [-0.2, -0.15) is 0 Å². The minimum absolute atomic E-state index is 0.424. The molecule has 0 aliphatic rings. The van der Waals surface area contributed by atoms with E-state index in [2.05, 4.69) is 120 Å². The second-order valence-corrected chi connectivity index (χ2v) is 8.98. The molecule has 3 aromatic carbocycles. The van der Waals surface area contributed by atoms with E-state index in [1.807, 2.05) is 0 Å². The molecule has 0 radical (unpaired) electrons. The molecule has 0 aromatic heterocycles. The molecule has 3 rings (SSSR count). The van der Waals surface area contributed by atoms with Crippen molar-refractivity contribution >= 4 is 5.57 Å². The Kier molecular flexibility index (Phi) is 7.91. The van der Waals surface area contributed by atoms with E-state index in [1.54, 1.807) is 0 Å². The van der Waals surface area contributed by atoms with Gasteiger partial charge in [-0.3, -0.25) is 0 Å². The minimum Gasteiger partial charge on any atom is -0.0807 e. The molecule has 0 fully saturated rings. The van der Waals surface area contributed by atoms with Crippen LogP contribution in [0.5, 0.6) is 0 Å². The van der Waals surface area contributed by atoms with Gasteiger partial charge in [-0.25, -0.2) is 0 Å². The molecule has 31 heavy (non-hydrogen) atoms. The van der Waals surface area contributed by atoms with Crippen LogP contribution < -0.4 is 0 Å². The molecule has 0 saturated heterocycles. The Balaban J connectivity index is 1.98. The number of hydrogen-bond acceptors (Lipinski definition) is 0. The lowest BCUT2D eigenvalue weighted by molar-refractivity contribution is 0.624. The van der Waals surface area contributed by atoms with E-state index in [9.17, 15) is 0 Å². The molecular formula is C31H38. The first-order chi connectivity index (χ1) is 15.0. The van der Waals surface area contributed by atoms with Crippen LogP contribution in [-0.2, 0) is 0 Å². The van der Waals surface area contributed by atoms with Crippen LogP contribution in [0, 0.1) is 12.8 Å².